The van der Waals surface area contributed by atoms with E-state index in [2.05, 4.69) is 0 Å². The molecule has 0 saturated carbocycles. The highest BCUT2D eigenvalue weighted by molar-refractivity contribution is 6.55. The van der Waals surface area contributed by atoms with Crippen LogP contribution in [0.1, 0.15) is 0 Å². The molecule has 0 aromatic heterocycles. The zero-order chi connectivity index (χ0) is 13.0. The molecule has 0 aliphatic rings. The van der Waals surface area contributed by atoms with E-state index in [4.69, 9.17) is 67.5 Å². The monoisotopic (exact) mass is 334 g/mol. The first-order valence-electron chi connectivity index (χ1n) is 4.32. The summed E-state index contributed by atoms with van der Waals surface area (Å²) in [6.45, 7) is 0.154. The van der Waals surface area contributed by atoms with Gasteiger partial charge in [-0.1, -0.05) is 58.0 Å². The van der Waals surface area contributed by atoms with Gasteiger partial charge in [0.1, 0.15) is 26.9 Å². The predicted octanol–water partition coefficient (Wildman–Crippen LogP) is 5.35. The first-order chi connectivity index (χ1) is 7.97. The fourth-order valence-electron chi connectivity index (χ4n) is 1.04. The minimum Gasteiger partial charge on any atom is -0.494 e. The summed E-state index contributed by atoms with van der Waals surface area (Å²) < 4.78 is 10.4. The lowest BCUT2D eigenvalue weighted by Crippen LogP contribution is -1.96. The van der Waals surface area contributed by atoms with E-state index >= 15 is 0 Å². The summed E-state index contributed by atoms with van der Waals surface area (Å²) in [4.78, 5) is 0. The van der Waals surface area contributed by atoms with E-state index in [0.29, 0.717) is 16.5 Å². The third-order valence-electron chi connectivity index (χ3n) is 1.76. The second-order valence-electron chi connectivity index (χ2n) is 2.82. The number of ether oxygens (including phenoxy) is 2. The van der Waals surface area contributed by atoms with Crippen molar-refractivity contribution in [2.75, 3.05) is 13.7 Å². The molecule has 0 unspecified atom stereocenters. The van der Waals surface area contributed by atoms with Crippen LogP contribution in [-0.4, -0.2) is 13.7 Å². The van der Waals surface area contributed by atoms with Gasteiger partial charge in [0.2, 0.25) is 0 Å². The van der Waals surface area contributed by atoms with E-state index in [1.165, 1.54) is 19.3 Å². The van der Waals surface area contributed by atoms with Gasteiger partial charge in [-0.2, -0.15) is 0 Å². The number of hydrogen-bond donors (Lipinski definition) is 0. The van der Waals surface area contributed by atoms with E-state index in [9.17, 15) is 0 Å². The van der Waals surface area contributed by atoms with Gasteiger partial charge in [0.05, 0.1) is 12.1 Å². The van der Waals surface area contributed by atoms with E-state index in [1.54, 1.807) is 0 Å². The van der Waals surface area contributed by atoms with Crippen LogP contribution < -0.4 is 9.47 Å². The minimum atomic E-state index is 0.104. The maximum absolute atomic E-state index is 5.98. The van der Waals surface area contributed by atoms with Crippen LogP contribution in [0.15, 0.2) is 16.6 Å². The smallest absolute Gasteiger partial charge is 0.157 e. The summed E-state index contributed by atoms with van der Waals surface area (Å²) in [5, 5.41) is 0.711. The molecule has 17 heavy (non-hydrogen) atoms. The van der Waals surface area contributed by atoms with Crippen molar-refractivity contribution in [2.24, 2.45) is 0 Å². The molecular weight excluding hydrogens is 329 g/mol. The summed E-state index contributed by atoms with van der Waals surface area (Å²) in [6.07, 6.45) is 1.46. The van der Waals surface area contributed by atoms with Crippen LogP contribution >= 0.6 is 58.0 Å². The average Bonchev–Trinajstić information content (AvgIpc) is 2.25. The molecule has 0 saturated heterocycles. The third kappa shape index (κ3) is 4.01. The lowest BCUT2D eigenvalue weighted by atomic mass is 10.3. The van der Waals surface area contributed by atoms with Crippen LogP contribution in [0.5, 0.6) is 11.5 Å². The highest BCUT2D eigenvalue weighted by atomic mass is 35.5. The summed E-state index contributed by atoms with van der Waals surface area (Å²) in [5.74, 6) is 0.630. The normalized spacial score (nSPS) is 10.0. The van der Waals surface area contributed by atoms with Gasteiger partial charge in [-0.15, -0.1) is 0 Å². The molecule has 0 fully saturated rings. The summed E-state index contributed by atoms with van der Waals surface area (Å²) in [6, 6.07) is 1.50. The molecule has 1 aromatic rings. The zero-order valence-electron chi connectivity index (χ0n) is 8.57. The third-order valence-corrected chi connectivity index (χ3v) is 3.19. The van der Waals surface area contributed by atoms with Gasteiger partial charge in [-0.25, -0.2) is 0 Å². The maximum Gasteiger partial charge on any atom is 0.157 e. The van der Waals surface area contributed by atoms with Crippen molar-refractivity contribution in [3.8, 4) is 11.5 Å². The Hall–Kier alpha value is 0.01000. The molecule has 0 spiro atoms. The van der Waals surface area contributed by atoms with Gasteiger partial charge in [0.15, 0.2) is 5.75 Å². The van der Waals surface area contributed by atoms with E-state index in [0.717, 1.165) is 0 Å². The molecule has 1 rings (SSSR count). The van der Waals surface area contributed by atoms with Gasteiger partial charge < -0.3 is 9.47 Å². The first kappa shape index (κ1) is 15.1. The number of benzene rings is 1. The van der Waals surface area contributed by atoms with Crippen molar-refractivity contribution < 1.29 is 9.47 Å². The zero-order valence-corrected chi connectivity index (χ0v) is 12.3. The van der Waals surface area contributed by atoms with Gasteiger partial charge >= 0.3 is 0 Å². The van der Waals surface area contributed by atoms with Gasteiger partial charge in [-0.05, 0) is 6.08 Å². The largest absolute Gasteiger partial charge is 0.494 e. The lowest BCUT2D eigenvalue weighted by Gasteiger charge is -2.11. The number of rotatable bonds is 4. The number of methoxy groups -OCH3 is 1. The fraction of sp³-hybridized carbons (Fsp3) is 0.200. The van der Waals surface area contributed by atoms with Crippen molar-refractivity contribution in [1.29, 1.82) is 0 Å². The lowest BCUT2D eigenvalue weighted by molar-refractivity contribution is 0.361. The van der Waals surface area contributed by atoms with E-state index < -0.39 is 0 Å². The van der Waals surface area contributed by atoms with Crippen molar-refractivity contribution in [2.45, 2.75) is 0 Å². The maximum atomic E-state index is 5.98. The Labute approximate surface area is 124 Å². The van der Waals surface area contributed by atoms with E-state index in [1.807, 2.05) is 0 Å². The number of halogens is 5. The Bertz CT molecular complexity index is 441. The van der Waals surface area contributed by atoms with Crippen LogP contribution in [0, 0.1) is 0 Å². The second-order valence-corrected chi connectivity index (χ2v) is 4.99. The van der Waals surface area contributed by atoms with Crippen LogP contribution in [-0.2, 0) is 0 Å². The molecule has 7 heteroatoms. The molecule has 0 bridgehead atoms. The Morgan fingerprint density at radius 1 is 1.24 bits per heavy atom. The van der Waals surface area contributed by atoms with Gasteiger partial charge in [0, 0.05) is 6.07 Å². The van der Waals surface area contributed by atoms with Crippen LogP contribution in [0.2, 0.25) is 15.1 Å². The molecular formula is C10H7Cl5O2. The molecule has 0 heterocycles. The Kier molecular flexibility index (Phi) is 6.04. The highest BCUT2D eigenvalue weighted by Crippen LogP contribution is 2.43. The standard InChI is InChI=1S/C10H7Cl5O2/c1-16-10-5(11)4-6(8(14)9(10)15)17-3-2-7(12)13/h2,4H,3H2,1H3. The first-order valence-corrected chi connectivity index (χ1v) is 6.21. The van der Waals surface area contributed by atoms with Crippen molar-refractivity contribution in [1.82, 2.24) is 0 Å². The van der Waals surface area contributed by atoms with Crippen LogP contribution in [0.25, 0.3) is 0 Å². The topological polar surface area (TPSA) is 18.5 Å². The Morgan fingerprint density at radius 2 is 1.88 bits per heavy atom. The van der Waals surface area contributed by atoms with Crippen molar-refractivity contribution >= 4 is 58.0 Å². The molecule has 94 valence electrons. The van der Waals surface area contributed by atoms with Crippen molar-refractivity contribution in [3.63, 3.8) is 0 Å². The average molecular weight is 336 g/mol. The van der Waals surface area contributed by atoms with Gasteiger partial charge in [0.25, 0.3) is 0 Å². The summed E-state index contributed by atoms with van der Waals surface area (Å²) in [5.41, 5.74) is 0. The fourth-order valence-corrected chi connectivity index (χ4v) is 1.96. The molecule has 0 N–H and O–H groups in total. The summed E-state index contributed by atoms with van der Waals surface area (Å²) in [7, 11) is 1.44. The Morgan fingerprint density at radius 3 is 2.41 bits per heavy atom. The highest BCUT2D eigenvalue weighted by Gasteiger charge is 2.15. The minimum absolute atomic E-state index is 0.104. The van der Waals surface area contributed by atoms with Gasteiger partial charge in [-0.3, -0.25) is 0 Å². The van der Waals surface area contributed by atoms with E-state index in [-0.39, 0.29) is 21.1 Å². The SMILES string of the molecule is COc1c(Cl)cc(OCC=C(Cl)Cl)c(Cl)c1Cl. The quantitative estimate of drug-likeness (QED) is 0.690. The molecule has 2 nitrogen and oxygen atoms in total. The summed E-state index contributed by atoms with van der Waals surface area (Å²) >= 11 is 28.7. The van der Waals surface area contributed by atoms with Crippen molar-refractivity contribution in [3.05, 3.63) is 31.7 Å². The predicted molar refractivity (Wildman–Crippen MR) is 73.3 cm³/mol. The molecule has 1 aromatic carbocycles. The molecule has 0 atom stereocenters. The molecule has 0 aliphatic heterocycles. The number of hydrogen-bond acceptors (Lipinski definition) is 2. The van der Waals surface area contributed by atoms with Crippen LogP contribution in [0.3, 0.4) is 0 Å². The molecule has 0 radical (unpaired) electrons. The second kappa shape index (κ2) is 6.81. The molecule has 0 aliphatic carbocycles. The Balaban J connectivity index is 2.98. The molecule has 0 amide bonds. The van der Waals surface area contributed by atoms with Crippen LogP contribution in [0.4, 0.5) is 0 Å².